The van der Waals surface area contributed by atoms with Gasteiger partial charge in [0.1, 0.15) is 23.9 Å². The van der Waals surface area contributed by atoms with Crippen molar-refractivity contribution in [1.82, 2.24) is 5.32 Å². The molecule has 7 heteroatoms. The van der Waals surface area contributed by atoms with Gasteiger partial charge in [-0.2, -0.15) is 0 Å². The summed E-state index contributed by atoms with van der Waals surface area (Å²) in [5, 5.41) is 15.1. The van der Waals surface area contributed by atoms with Crippen LogP contribution in [0.5, 0.6) is 5.75 Å². The first-order valence-electron chi connectivity index (χ1n) is 8.41. The molecule has 0 aliphatic heterocycles. The molecule has 0 radical (unpaired) electrons. The monoisotopic (exact) mass is 376 g/mol. The van der Waals surface area contributed by atoms with Gasteiger partial charge in [-0.05, 0) is 54.9 Å². The molecule has 0 saturated heterocycles. The smallest absolute Gasteiger partial charge is 0.226 e. The van der Waals surface area contributed by atoms with E-state index in [1.807, 2.05) is 6.07 Å². The largest absolute Gasteiger partial charge is 0.496 e. The van der Waals surface area contributed by atoms with E-state index in [1.165, 1.54) is 0 Å². The van der Waals surface area contributed by atoms with E-state index >= 15 is 0 Å². The third kappa shape index (κ3) is 5.57. The van der Waals surface area contributed by atoms with Crippen LogP contribution in [0, 0.1) is 5.92 Å². The van der Waals surface area contributed by atoms with Gasteiger partial charge in [0.15, 0.2) is 5.11 Å². The van der Waals surface area contributed by atoms with Crippen molar-refractivity contribution in [2.45, 2.75) is 33.3 Å². The second-order valence-corrected chi connectivity index (χ2v) is 6.68. The molecule has 2 rings (SSSR count). The molecule has 0 aliphatic rings. The van der Waals surface area contributed by atoms with Gasteiger partial charge in [-0.25, -0.2) is 0 Å². The lowest BCUT2D eigenvalue weighted by molar-refractivity contribution is -0.119. The SMILES string of the molecule is COc1ccc(NC(=S)NC(=O)CCC(C)C)cc1-c1ccc(CO)o1. The Kier molecular flexibility index (Phi) is 7.17. The number of carbonyl (C=O) groups excluding carboxylic acids is 1. The summed E-state index contributed by atoms with van der Waals surface area (Å²) >= 11 is 5.21. The lowest BCUT2D eigenvalue weighted by Gasteiger charge is -2.13. The zero-order valence-electron chi connectivity index (χ0n) is 15.2. The number of methoxy groups -OCH3 is 1. The fourth-order valence-electron chi connectivity index (χ4n) is 2.36. The molecule has 0 unspecified atom stereocenters. The number of nitrogens with one attached hydrogen (secondary N) is 2. The van der Waals surface area contributed by atoms with Crippen molar-refractivity contribution >= 4 is 28.9 Å². The van der Waals surface area contributed by atoms with Crippen molar-refractivity contribution < 1.29 is 19.1 Å². The molecule has 1 amide bonds. The summed E-state index contributed by atoms with van der Waals surface area (Å²) in [6.07, 6.45) is 1.25. The Morgan fingerprint density at radius 2 is 2.08 bits per heavy atom. The molecule has 26 heavy (non-hydrogen) atoms. The first-order chi connectivity index (χ1) is 12.4. The molecule has 0 bridgehead atoms. The van der Waals surface area contributed by atoms with E-state index in [2.05, 4.69) is 24.5 Å². The second kappa shape index (κ2) is 9.35. The van der Waals surface area contributed by atoms with E-state index < -0.39 is 0 Å². The maximum absolute atomic E-state index is 11.9. The predicted octanol–water partition coefficient (Wildman–Crippen LogP) is 3.70. The molecule has 0 atom stereocenters. The molecule has 3 N–H and O–H groups in total. The molecule has 140 valence electrons. The average molecular weight is 376 g/mol. The fraction of sp³-hybridized carbons (Fsp3) is 0.368. The topological polar surface area (TPSA) is 83.7 Å². The van der Waals surface area contributed by atoms with Gasteiger partial charge in [-0.15, -0.1) is 0 Å². The van der Waals surface area contributed by atoms with Crippen LogP contribution in [0.25, 0.3) is 11.3 Å². The molecule has 2 aromatic rings. The van der Waals surface area contributed by atoms with Crippen LogP contribution < -0.4 is 15.4 Å². The number of aliphatic hydroxyl groups excluding tert-OH is 1. The summed E-state index contributed by atoms with van der Waals surface area (Å²) in [4.78, 5) is 11.9. The van der Waals surface area contributed by atoms with Crippen LogP contribution in [-0.2, 0) is 11.4 Å². The maximum Gasteiger partial charge on any atom is 0.226 e. The lowest BCUT2D eigenvalue weighted by atomic mass is 10.1. The number of aliphatic hydroxyl groups is 1. The third-order valence-corrected chi connectivity index (χ3v) is 3.95. The van der Waals surface area contributed by atoms with E-state index in [1.54, 1.807) is 31.4 Å². The van der Waals surface area contributed by atoms with E-state index in [0.717, 1.165) is 6.42 Å². The average Bonchev–Trinajstić information content (AvgIpc) is 3.08. The van der Waals surface area contributed by atoms with Crippen LogP contribution in [0.1, 0.15) is 32.4 Å². The zero-order valence-corrected chi connectivity index (χ0v) is 16.0. The minimum absolute atomic E-state index is 0.108. The molecule has 1 aromatic heterocycles. The molecule has 0 spiro atoms. The van der Waals surface area contributed by atoms with Crippen LogP contribution in [0.2, 0.25) is 0 Å². The molecule has 0 fully saturated rings. The van der Waals surface area contributed by atoms with Gasteiger partial charge in [0.25, 0.3) is 0 Å². The third-order valence-electron chi connectivity index (χ3n) is 3.74. The van der Waals surface area contributed by atoms with Crippen LogP contribution in [0.15, 0.2) is 34.7 Å². The molecule has 0 saturated carbocycles. The Morgan fingerprint density at radius 1 is 1.31 bits per heavy atom. The molecular formula is C19H24N2O4S. The van der Waals surface area contributed by atoms with Crippen LogP contribution in [-0.4, -0.2) is 23.2 Å². The second-order valence-electron chi connectivity index (χ2n) is 6.27. The highest BCUT2D eigenvalue weighted by atomic mass is 32.1. The Hall–Kier alpha value is -2.38. The van der Waals surface area contributed by atoms with E-state index in [-0.39, 0.29) is 17.6 Å². The summed E-state index contributed by atoms with van der Waals surface area (Å²) in [5.41, 5.74) is 1.41. The van der Waals surface area contributed by atoms with Gasteiger partial charge in [-0.1, -0.05) is 13.8 Å². The van der Waals surface area contributed by atoms with Crippen molar-refractivity contribution in [3.8, 4) is 17.1 Å². The number of rotatable bonds is 7. The van der Waals surface area contributed by atoms with E-state index in [9.17, 15) is 4.79 Å². The Balaban J connectivity index is 2.09. The molecule has 0 aliphatic carbocycles. The normalized spacial score (nSPS) is 10.7. The van der Waals surface area contributed by atoms with Gasteiger partial charge in [0.2, 0.25) is 5.91 Å². The summed E-state index contributed by atoms with van der Waals surface area (Å²) in [5.74, 6) is 2.02. The number of ether oxygens (including phenoxy) is 1. The summed E-state index contributed by atoms with van der Waals surface area (Å²) < 4.78 is 10.9. The molecule has 1 heterocycles. The minimum Gasteiger partial charge on any atom is -0.496 e. The summed E-state index contributed by atoms with van der Waals surface area (Å²) in [6.45, 7) is 3.96. The minimum atomic E-state index is -0.174. The highest BCUT2D eigenvalue weighted by Gasteiger charge is 2.13. The van der Waals surface area contributed by atoms with E-state index in [4.69, 9.17) is 26.5 Å². The zero-order chi connectivity index (χ0) is 19.1. The number of thiocarbonyl (C=S) groups is 1. The van der Waals surface area contributed by atoms with Crippen molar-refractivity contribution in [3.05, 3.63) is 36.1 Å². The molecule has 6 nitrogen and oxygen atoms in total. The Morgan fingerprint density at radius 3 is 2.69 bits per heavy atom. The molecular weight excluding hydrogens is 352 g/mol. The first-order valence-corrected chi connectivity index (χ1v) is 8.82. The van der Waals surface area contributed by atoms with Crippen molar-refractivity contribution in [1.29, 1.82) is 0 Å². The van der Waals surface area contributed by atoms with Crippen molar-refractivity contribution in [2.75, 3.05) is 12.4 Å². The number of hydrogen-bond acceptors (Lipinski definition) is 5. The van der Waals surface area contributed by atoms with Crippen LogP contribution >= 0.6 is 12.2 Å². The van der Waals surface area contributed by atoms with Gasteiger partial charge in [0, 0.05) is 12.1 Å². The highest BCUT2D eigenvalue weighted by molar-refractivity contribution is 7.80. The summed E-state index contributed by atoms with van der Waals surface area (Å²) in [7, 11) is 1.57. The Bertz CT molecular complexity index is 771. The number of anilines is 1. The fourth-order valence-corrected chi connectivity index (χ4v) is 2.59. The van der Waals surface area contributed by atoms with Crippen LogP contribution in [0.3, 0.4) is 0 Å². The molecule has 1 aromatic carbocycles. The number of furan rings is 1. The summed E-state index contributed by atoms with van der Waals surface area (Å²) in [6, 6.07) is 8.85. The number of hydrogen-bond donors (Lipinski definition) is 3. The first kappa shape index (κ1) is 19.9. The lowest BCUT2D eigenvalue weighted by Crippen LogP contribution is -2.34. The number of benzene rings is 1. The van der Waals surface area contributed by atoms with Gasteiger partial charge in [-0.3, -0.25) is 4.79 Å². The Labute approximate surface area is 158 Å². The van der Waals surface area contributed by atoms with E-state index in [0.29, 0.717) is 40.9 Å². The van der Waals surface area contributed by atoms with Gasteiger partial charge >= 0.3 is 0 Å². The predicted molar refractivity (Wildman–Crippen MR) is 105 cm³/mol. The van der Waals surface area contributed by atoms with Gasteiger partial charge < -0.3 is 24.9 Å². The number of carbonyl (C=O) groups is 1. The van der Waals surface area contributed by atoms with Crippen molar-refractivity contribution in [2.24, 2.45) is 5.92 Å². The standard InChI is InChI=1S/C19H24N2O4S/c1-12(2)4-9-18(23)21-19(26)20-13-5-7-16(24-3)15(10-13)17-8-6-14(11-22)25-17/h5-8,10,12,22H,4,9,11H2,1-3H3,(H2,20,21,23,26). The number of amides is 1. The van der Waals surface area contributed by atoms with Crippen LogP contribution in [0.4, 0.5) is 5.69 Å². The van der Waals surface area contributed by atoms with Crippen molar-refractivity contribution in [3.63, 3.8) is 0 Å². The maximum atomic E-state index is 11.9. The highest BCUT2D eigenvalue weighted by Crippen LogP contribution is 2.33. The van der Waals surface area contributed by atoms with Gasteiger partial charge in [0.05, 0.1) is 12.7 Å². The quantitative estimate of drug-likeness (QED) is 0.639.